The Hall–Kier alpha value is -3.03. The highest BCUT2D eigenvalue weighted by atomic mass is 19.4. The van der Waals surface area contributed by atoms with Crippen molar-refractivity contribution in [1.82, 2.24) is 4.90 Å². The molecule has 0 spiro atoms. The topological polar surface area (TPSA) is 52.7 Å². The Morgan fingerprint density at radius 2 is 2.00 bits per heavy atom. The van der Waals surface area contributed by atoms with Gasteiger partial charge in [0.2, 0.25) is 0 Å². The normalized spacial score (nSPS) is 18.5. The second-order valence-corrected chi connectivity index (χ2v) is 7.17. The number of fused-ring (bicyclic) bond motifs is 2. The van der Waals surface area contributed by atoms with E-state index in [0.717, 1.165) is 31.5 Å². The lowest BCUT2D eigenvalue weighted by Crippen LogP contribution is -2.52. The standard InChI is InChI=1S/C21H20F3N3O2/c1-2-26-17-11-13(8-9-16(17)20(29)27-10-4-7-18(26)27)19(28)25-15-6-3-5-14(12-15)21(22,23)24/h3,5-6,8-9,11-12,18H,2,4,7,10H2,1H3,(H,25,28). The fourth-order valence-corrected chi connectivity index (χ4v) is 4.07. The number of benzene rings is 2. The van der Waals surface area contributed by atoms with Crippen LogP contribution in [0.2, 0.25) is 0 Å². The van der Waals surface area contributed by atoms with Gasteiger partial charge in [0.15, 0.2) is 0 Å². The molecule has 0 bridgehead atoms. The number of hydrogen-bond acceptors (Lipinski definition) is 3. The smallest absolute Gasteiger partial charge is 0.351 e. The third-order valence-corrected chi connectivity index (χ3v) is 5.43. The van der Waals surface area contributed by atoms with Gasteiger partial charge >= 0.3 is 6.18 Å². The summed E-state index contributed by atoms with van der Waals surface area (Å²) >= 11 is 0. The van der Waals surface area contributed by atoms with E-state index in [4.69, 9.17) is 0 Å². The van der Waals surface area contributed by atoms with E-state index in [2.05, 4.69) is 10.2 Å². The highest BCUT2D eigenvalue weighted by Gasteiger charge is 2.39. The molecule has 8 heteroatoms. The molecular formula is C21H20F3N3O2. The minimum atomic E-state index is -4.48. The fourth-order valence-electron chi connectivity index (χ4n) is 4.07. The molecule has 1 saturated heterocycles. The zero-order chi connectivity index (χ0) is 20.8. The number of hydrogen-bond donors (Lipinski definition) is 1. The molecule has 2 heterocycles. The largest absolute Gasteiger partial charge is 0.416 e. The molecular weight excluding hydrogens is 383 g/mol. The van der Waals surface area contributed by atoms with Crippen molar-refractivity contribution in [3.05, 3.63) is 59.2 Å². The van der Waals surface area contributed by atoms with Crippen LogP contribution >= 0.6 is 0 Å². The second-order valence-electron chi connectivity index (χ2n) is 7.17. The van der Waals surface area contributed by atoms with Crippen LogP contribution in [0.4, 0.5) is 24.5 Å². The number of nitrogens with zero attached hydrogens (tertiary/aromatic N) is 2. The summed E-state index contributed by atoms with van der Waals surface area (Å²) in [7, 11) is 0. The lowest BCUT2D eigenvalue weighted by atomic mass is 10.0. The average molecular weight is 403 g/mol. The summed E-state index contributed by atoms with van der Waals surface area (Å²) in [4.78, 5) is 29.4. The highest BCUT2D eigenvalue weighted by Crippen LogP contribution is 2.36. The van der Waals surface area contributed by atoms with Gasteiger partial charge in [0, 0.05) is 24.3 Å². The van der Waals surface area contributed by atoms with Crippen molar-refractivity contribution in [1.29, 1.82) is 0 Å². The molecule has 4 rings (SSSR count). The summed E-state index contributed by atoms with van der Waals surface area (Å²) in [6, 6.07) is 9.30. The molecule has 2 aromatic carbocycles. The van der Waals surface area contributed by atoms with Gasteiger partial charge in [0.05, 0.1) is 16.8 Å². The summed E-state index contributed by atoms with van der Waals surface area (Å²) in [6.45, 7) is 3.39. The van der Waals surface area contributed by atoms with Crippen molar-refractivity contribution in [2.24, 2.45) is 0 Å². The molecule has 1 unspecified atom stereocenters. The first-order valence-corrected chi connectivity index (χ1v) is 9.50. The van der Waals surface area contributed by atoms with E-state index in [9.17, 15) is 22.8 Å². The Morgan fingerprint density at radius 1 is 1.21 bits per heavy atom. The van der Waals surface area contributed by atoms with Gasteiger partial charge in [-0.25, -0.2) is 0 Å². The molecule has 2 aliphatic heterocycles. The monoisotopic (exact) mass is 403 g/mol. The van der Waals surface area contributed by atoms with Crippen molar-refractivity contribution >= 4 is 23.2 Å². The molecule has 2 aliphatic rings. The number of amides is 2. The molecule has 0 aliphatic carbocycles. The number of alkyl halides is 3. The van der Waals surface area contributed by atoms with E-state index in [1.165, 1.54) is 18.2 Å². The van der Waals surface area contributed by atoms with Crippen LogP contribution < -0.4 is 10.2 Å². The Labute approximate surface area is 166 Å². The molecule has 152 valence electrons. The third kappa shape index (κ3) is 3.43. The summed E-state index contributed by atoms with van der Waals surface area (Å²) in [5.41, 5.74) is 0.759. The summed E-state index contributed by atoms with van der Waals surface area (Å²) in [5.74, 6) is -0.568. The Balaban J connectivity index is 1.62. The van der Waals surface area contributed by atoms with Gasteiger partial charge in [-0.2, -0.15) is 13.2 Å². The van der Waals surface area contributed by atoms with Crippen molar-refractivity contribution in [2.45, 2.75) is 32.1 Å². The van der Waals surface area contributed by atoms with Crippen molar-refractivity contribution in [2.75, 3.05) is 23.3 Å². The maximum atomic E-state index is 12.9. The predicted molar refractivity (Wildman–Crippen MR) is 103 cm³/mol. The first-order chi connectivity index (χ1) is 13.8. The summed E-state index contributed by atoms with van der Waals surface area (Å²) < 4.78 is 38.7. The molecule has 0 aromatic heterocycles. The maximum Gasteiger partial charge on any atom is 0.416 e. The van der Waals surface area contributed by atoms with E-state index >= 15 is 0 Å². The predicted octanol–water partition coefficient (Wildman–Crippen LogP) is 4.36. The van der Waals surface area contributed by atoms with Crippen LogP contribution in [0.25, 0.3) is 0 Å². The van der Waals surface area contributed by atoms with Crippen LogP contribution in [0.1, 0.15) is 46.0 Å². The lowest BCUT2D eigenvalue weighted by molar-refractivity contribution is -0.137. The first-order valence-electron chi connectivity index (χ1n) is 9.50. The van der Waals surface area contributed by atoms with Crippen molar-refractivity contribution in [3.63, 3.8) is 0 Å². The Morgan fingerprint density at radius 3 is 2.72 bits per heavy atom. The molecule has 1 atom stereocenters. The third-order valence-electron chi connectivity index (χ3n) is 5.43. The van der Waals surface area contributed by atoms with Gasteiger partial charge in [-0.15, -0.1) is 0 Å². The Bertz CT molecular complexity index is 974. The average Bonchev–Trinajstić information content (AvgIpc) is 3.17. The molecule has 5 nitrogen and oxygen atoms in total. The SMILES string of the molecule is CCN1c2cc(C(=O)Nc3cccc(C(F)(F)F)c3)ccc2C(=O)N2CCCC21. The fraction of sp³-hybridized carbons (Fsp3) is 0.333. The van der Waals surface area contributed by atoms with Crippen LogP contribution in [0.3, 0.4) is 0 Å². The maximum absolute atomic E-state index is 12.9. The van der Waals surface area contributed by atoms with Gasteiger partial charge in [-0.05, 0) is 56.2 Å². The quantitative estimate of drug-likeness (QED) is 0.829. The van der Waals surface area contributed by atoms with E-state index in [1.807, 2.05) is 11.8 Å². The molecule has 1 N–H and O–H groups in total. The number of rotatable bonds is 3. The summed E-state index contributed by atoms with van der Waals surface area (Å²) in [5, 5.41) is 2.52. The van der Waals surface area contributed by atoms with E-state index < -0.39 is 17.6 Å². The number of carbonyl (C=O) groups is 2. The van der Waals surface area contributed by atoms with Crippen LogP contribution in [0, 0.1) is 0 Å². The number of nitrogens with one attached hydrogen (secondary N) is 1. The molecule has 2 aromatic rings. The van der Waals surface area contributed by atoms with Gasteiger partial charge in [-0.3, -0.25) is 9.59 Å². The zero-order valence-corrected chi connectivity index (χ0v) is 15.8. The number of anilines is 2. The number of halogens is 3. The van der Waals surface area contributed by atoms with Gasteiger partial charge < -0.3 is 15.1 Å². The first kappa shape index (κ1) is 19.3. The van der Waals surface area contributed by atoms with Crippen molar-refractivity contribution < 1.29 is 22.8 Å². The summed E-state index contributed by atoms with van der Waals surface area (Å²) in [6.07, 6.45) is -2.69. The van der Waals surface area contributed by atoms with E-state index in [0.29, 0.717) is 23.4 Å². The lowest BCUT2D eigenvalue weighted by Gasteiger charge is -2.41. The minimum absolute atomic E-state index is 0.0122. The van der Waals surface area contributed by atoms with Crippen LogP contribution in [-0.2, 0) is 6.18 Å². The highest BCUT2D eigenvalue weighted by molar-refractivity contribution is 6.08. The molecule has 2 amide bonds. The molecule has 0 saturated carbocycles. The second kappa shape index (κ2) is 7.09. The molecule has 1 fully saturated rings. The van der Waals surface area contributed by atoms with E-state index in [1.54, 1.807) is 12.1 Å². The van der Waals surface area contributed by atoms with Crippen molar-refractivity contribution in [3.8, 4) is 0 Å². The van der Waals surface area contributed by atoms with Gasteiger partial charge in [0.25, 0.3) is 11.8 Å². The van der Waals surface area contributed by atoms with Gasteiger partial charge in [-0.1, -0.05) is 6.07 Å². The minimum Gasteiger partial charge on any atom is -0.351 e. The Kier molecular flexibility index (Phi) is 4.72. The molecule has 29 heavy (non-hydrogen) atoms. The zero-order valence-electron chi connectivity index (χ0n) is 15.8. The van der Waals surface area contributed by atoms with Crippen LogP contribution in [0.5, 0.6) is 0 Å². The molecule has 0 radical (unpaired) electrons. The van der Waals surface area contributed by atoms with Gasteiger partial charge in [0.1, 0.15) is 6.17 Å². The van der Waals surface area contributed by atoms with Crippen LogP contribution in [0.15, 0.2) is 42.5 Å². The number of carbonyl (C=O) groups excluding carboxylic acids is 2. The van der Waals surface area contributed by atoms with E-state index in [-0.39, 0.29) is 17.8 Å². The van der Waals surface area contributed by atoms with Crippen LogP contribution in [-0.4, -0.2) is 36.0 Å².